The van der Waals surface area contributed by atoms with Gasteiger partial charge in [0.2, 0.25) is 5.91 Å². The van der Waals surface area contributed by atoms with Gasteiger partial charge in [0.1, 0.15) is 0 Å². The van der Waals surface area contributed by atoms with Gasteiger partial charge in [-0.15, -0.1) is 0 Å². The van der Waals surface area contributed by atoms with Crippen LogP contribution in [0.25, 0.3) is 0 Å². The summed E-state index contributed by atoms with van der Waals surface area (Å²) in [7, 11) is 0. The molecule has 1 aromatic carbocycles. The molecule has 1 heterocycles. The highest BCUT2D eigenvalue weighted by molar-refractivity contribution is 9.10. The molecule has 25 heavy (non-hydrogen) atoms. The fourth-order valence-corrected chi connectivity index (χ4v) is 3.35. The number of carbonyl (C=O) groups is 3. The molecule has 0 aromatic heterocycles. The van der Waals surface area contributed by atoms with E-state index in [1.54, 1.807) is 18.2 Å². The number of hydrogen-bond donors (Lipinski definition) is 0. The monoisotopic (exact) mass is 414 g/mol. The molecule has 1 aromatic rings. The number of hydrogen-bond acceptors (Lipinski definition) is 3. The summed E-state index contributed by atoms with van der Waals surface area (Å²) in [5.74, 6) is -1.12. The lowest BCUT2D eigenvalue weighted by atomic mass is 10.1. The number of alkyl halides is 2. The third-order valence-corrected chi connectivity index (χ3v) is 4.84. The van der Waals surface area contributed by atoms with Gasteiger partial charge in [-0.2, -0.15) is 0 Å². The number of benzene rings is 1. The van der Waals surface area contributed by atoms with Gasteiger partial charge < -0.3 is 4.90 Å². The van der Waals surface area contributed by atoms with Gasteiger partial charge in [0, 0.05) is 23.5 Å². The molecule has 0 N–H and O–H groups in total. The fraction of sp³-hybridized carbons (Fsp3) is 0.471. The molecular formula is C17H17BrF2N2O3. The maximum Gasteiger partial charge on any atom is 0.261 e. The lowest BCUT2D eigenvalue weighted by Crippen LogP contribution is -2.37. The van der Waals surface area contributed by atoms with Gasteiger partial charge in [-0.3, -0.25) is 19.3 Å². The minimum Gasteiger partial charge on any atom is -0.334 e. The van der Waals surface area contributed by atoms with Crippen molar-refractivity contribution in [3.05, 3.63) is 33.8 Å². The third-order valence-electron chi connectivity index (χ3n) is 4.35. The van der Waals surface area contributed by atoms with Gasteiger partial charge in [-0.1, -0.05) is 15.9 Å². The molecule has 1 saturated carbocycles. The van der Waals surface area contributed by atoms with Crippen molar-refractivity contribution >= 4 is 33.7 Å². The summed E-state index contributed by atoms with van der Waals surface area (Å²) < 4.78 is 25.9. The van der Waals surface area contributed by atoms with Gasteiger partial charge in [0.25, 0.3) is 18.2 Å². The maximum atomic E-state index is 12.6. The lowest BCUT2D eigenvalue weighted by molar-refractivity contribution is -0.133. The summed E-state index contributed by atoms with van der Waals surface area (Å²) in [4.78, 5) is 39.1. The zero-order valence-corrected chi connectivity index (χ0v) is 15.0. The van der Waals surface area contributed by atoms with E-state index in [-0.39, 0.29) is 43.1 Å². The Morgan fingerprint density at radius 3 is 2.56 bits per heavy atom. The van der Waals surface area contributed by atoms with Crippen LogP contribution in [0.4, 0.5) is 8.78 Å². The Labute approximate surface area is 152 Å². The van der Waals surface area contributed by atoms with Crippen LogP contribution >= 0.6 is 15.9 Å². The van der Waals surface area contributed by atoms with Crippen LogP contribution in [0.15, 0.2) is 22.7 Å². The van der Waals surface area contributed by atoms with Crippen LogP contribution < -0.4 is 0 Å². The average molecular weight is 415 g/mol. The Bertz CT molecular complexity index is 722. The molecule has 0 saturated heterocycles. The number of imide groups is 1. The van der Waals surface area contributed by atoms with Crippen LogP contribution in [0.3, 0.4) is 0 Å². The minimum absolute atomic E-state index is 0.0420. The second-order valence-corrected chi connectivity index (χ2v) is 7.14. The average Bonchev–Trinajstić information content (AvgIpc) is 3.36. The molecule has 3 amide bonds. The molecule has 134 valence electrons. The van der Waals surface area contributed by atoms with E-state index in [1.165, 1.54) is 4.90 Å². The van der Waals surface area contributed by atoms with E-state index in [1.807, 2.05) is 0 Å². The van der Waals surface area contributed by atoms with E-state index in [9.17, 15) is 23.2 Å². The molecule has 1 fully saturated rings. The summed E-state index contributed by atoms with van der Waals surface area (Å²) in [5.41, 5.74) is 0.680. The third kappa shape index (κ3) is 3.89. The highest BCUT2D eigenvalue weighted by Gasteiger charge is 2.36. The summed E-state index contributed by atoms with van der Waals surface area (Å²) >= 11 is 3.27. The van der Waals surface area contributed by atoms with E-state index < -0.39 is 13.0 Å². The Kier molecular flexibility index (Phi) is 5.17. The van der Waals surface area contributed by atoms with Crippen molar-refractivity contribution in [2.75, 3.05) is 13.1 Å². The Balaban J connectivity index is 1.56. The second kappa shape index (κ2) is 7.19. The molecule has 0 unspecified atom stereocenters. The first kappa shape index (κ1) is 18.0. The molecular weight excluding hydrogens is 398 g/mol. The van der Waals surface area contributed by atoms with Crippen LogP contribution in [0.5, 0.6) is 0 Å². The second-order valence-electron chi connectivity index (χ2n) is 6.22. The van der Waals surface area contributed by atoms with Crippen molar-refractivity contribution in [3.8, 4) is 0 Å². The van der Waals surface area contributed by atoms with E-state index in [0.717, 1.165) is 17.7 Å². The number of halogens is 3. The number of carbonyl (C=O) groups excluding carboxylic acids is 3. The summed E-state index contributed by atoms with van der Waals surface area (Å²) in [6, 6.07) is 4.79. The SMILES string of the molecule is O=C1c2ccc(Br)cc2C(=O)N1CCCC(=O)N(CC(F)F)C1CC1. The van der Waals surface area contributed by atoms with Crippen molar-refractivity contribution < 1.29 is 23.2 Å². The minimum atomic E-state index is -2.56. The van der Waals surface area contributed by atoms with Gasteiger partial charge >= 0.3 is 0 Å². The van der Waals surface area contributed by atoms with Crippen molar-refractivity contribution in [3.63, 3.8) is 0 Å². The first-order chi connectivity index (χ1) is 11.9. The Morgan fingerprint density at radius 1 is 1.24 bits per heavy atom. The van der Waals surface area contributed by atoms with Crippen LogP contribution in [0, 0.1) is 0 Å². The van der Waals surface area contributed by atoms with Crippen LogP contribution in [-0.4, -0.2) is 53.1 Å². The van der Waals surface area contributed by atoms with Crippen LogP contribution in [0.1, 0.15) is 46.4 Å². The number of amides is 3. The fourth-order valence-electron chi connectivity index (χ4n) is 2.99. The zero-order chi connectivity index (χ0) is 18.1. The smallest absolute Gasteiger partial charge is 0.261 e. The van der Waals surface area contributed by atoms with Gasteiger partial charge in [0.05, 0.1) is 17.7 Å². The van der Waals surface area contributed by atoms with E-state index in [0.29, 0.717) is 15.6 Å². The van der Waals surface area contributed by atoms with Crippen molar-refractivity contribution in [2.24, 2.45) is 0 Å². The molecule has 0 spiro atoms. The lowest BCUT2D eigenvalue weighted by Gasteiger charge is -2.22. The maximum absolute atomic E-state index is 12.6. The van der Waals surface area contributed by atoms with Crippen molar-refractivity contribution in [1.82, 2.24) is 9.80 Å². The van der Waals surface area contributed by atoms with Crippen molar-refractivity contribution in [2.45, 2.75) is 38.2 Å². The number of fused-ring (bicyclic) bond motifs is 1. The largest absolute Gasteiger partial charge is 0.334 e. The van der Waals surface area contributed by atoms with Crippen LogP contribution in [-0.2, 0) is 4.79 Å². The van der Waals surface area contributed by atoms with E-state index in [2.05, 4.69) is 15.9 Å². The first-order valence-corrected chi connectivity index (χ1v) is 8.91. The van der Waals surface area contributed by atoms with Gasteiger partial charge in [0.15, 0.2) is 0 Å². The van der Waals surface area contributed by atoms with Gasteiger partial charge in [-0.25, -0.2) is 8.78 Å². The van der Waals surface area contributed by atoms with E-state index >= 15 is 0 Å². The normalized spacial score (nSPS) is 16.6. The zero-order valence-electron chi connectivity index (χ0n) is 13.4. The molecule has 8 heteroatoms. The summed E-state index contributed by atoms with van der Waals surface area (Å²) in [6.45, 7) is -0.451. The molecule has 3 rings (SSSR count). The predicted molar refractivity (Wildman–Crippen MR) is 89.5 cm³/mol. The molecule has 0 atom stereocenters. The quantitative estimate of drug-likeness (QED) is 0.644. The standard InChI is InChI=1S/C17H17BrF2N2O3/c18-10-3-6-12-13(8-10)17(25)21(16(12)24)7-1-2-15(23)22(9-14(19)20)11-4-5-11/h3,6,8,11,14H,1-2,4-5,7,9H2. The predicted octanol–water partition coefficient (Wildman–Crippen LogP) is 3.08. The van der Waals surface area contributed by atoms with Crippen molar-refractivity contribution in [1.29, 1.82) is 0 Å². The molecule has 0 radical (unpaired) electrons. The van der Waals surface area contributed by atoms with Gasteiger partial charge in [-0.05, 0) is 37.5 Å². The molecule has 1 aliphatic heterocycles. The highest BCUT2D eigenvalue weighted by Crippen LogP contribution is 2.29. The Morgan fingerprint density at radius 2 is 1.92 bits per heavy atom. The first-order valence-electron chi connectivity index (χ1n) is 8.12. The molecule has 1 aliphatic carbocycles. The topological polar surface area (TPSA) is 57.7 Å². The molecule has 0 bridgehead atoms. The number of nitrogens with zero attached hydrogens (tertiary/aromatic N) is 2. The Hall–Kier alpha value is -1.83. The summed E-state index contributed by atoms with van der Waals surface area (Å²) in [6.07, 6.45) is -0.741. The highest BCUT2D eigenvalue weighted by atomic mass is 79.9. The van der Waals surface area contributed by atoms with Crippen LogP contribution in [0.2, 0.25) is 0 Å². The summed E-state index contributed by atoms with van der Waals surface area (Å²) in [5, 5.41) is 0. The van der Waals surface area contributed by atoms with E-state index in [4.69, 9.17) is 0 Å². The molecule has 2 aliphatic rings. The number of rotatable bonds is 7. The molecule has 5 nitrogen and oxygen atoms in total.